The van der Waals surface area contributed by atoms with E-state index in [0.29, 0.717) is 0 Å². The summed E-state index contributed by atoms with van der Waals surface area (Å²) in [5.74, 6) is 0.930. The molecule has 0 spiro atoms. The summed E-state index contributed by atoms with van der Waals surface area (Å²) in [5.41, 5.74) is 1.20. The van der Waals surface area contributed by atoms with E-state index in [1.807, 2.05) is 30.0 Å². The number of nitrogens with zero attached hydrogens (tertiary/aromatic N) is 2. The molecule has 1 aliphatic rings. The normalized spacial score (nSPS) is 17.1. The van der Waals surface area contributed by atoms with Gasteiger partial charge in [0, 0.05) is 44.3 Å². The predicted octanol–water partition coefficient (Wildman–Crippen LogP) is 2.32. The summed E-state index contributed by atoms with van der Waals surface area (Å²) in [6, 6.07) is 8.41. The van der Waals surface area contributed by atoms with Gasteiger partial charge in [0.25, 0.3) is 0 Å². The van der Waals surface area contributed by atoms with Crippen LogP contribution in [-0.4, -0.2) is 55.2 Å². The maximum absolute atomic E-state index is 12.1. The summed E-state index contributed by atoms with van der Waals surface area (Å²) in [4.78, 5) is 16.4. The number of rotatable bonds is 5. The molecular weight excluding hydrogens is 278 g/mol. The summed E-state index contributed by atoms with van der Waals surface area (Å²) in [6.07, 6.45) is 0.958. The minimum absolute atomic E-state index is 0.0614. The second-order valence-electron chi connectivity index (χ2n) is 5.83. The zero-order valence-corrected chi connectivity index (χ0v) is 13.8. The van der Waals surface area contributed by atoms with Gasteiger partial charge in [-0.3, -0.25) is 4.90 Å². The van der Waals surface area contributed by atoms with Gasteiger partial charge in [-0.15, -0.1) is 0 Å². The second-order valence-corrected chi connectivity index (χ2v) is 5.83. The van der Waals surface area contributed by atoms with Gasteiger partial charge in [0.1, 0.15) is 5.75 Å². The SMILES string of the molecule is CCC(C)NC(=O)N1CCN(Cc2ccccc2OC)CC1. The number of amides is 2. The Morgan fingerprint density at radius 1 is 1.27 bits per heavy atom. The minimum atomic E-state index is 0.0614. The number of hydrogen-bond acceptors (Lipinski definition) is 3. The molecule has 22 heavy (non-hydrogen) atoms. The third-order valence-corrected chi connectivity index (χ3v) is 4.23. The van der Waals surface area contributed by atoms with Crippen molar-refractivity contribution in [1.82, 2.24) is 15.1 Å². The quantitative estimate of drug-likeness (QED) is 0.908. The molecule has 0 aromatic heterocycles. The number of carbonyl (C=O) groups excluding carboxylic acids is 1. The van der Waals surface area contributed by atoms with Crippen LogP contribution in [0.4, 0.5) is 4.79 Å². The molecule has 122 valence electrons. The first kappa shape index (κ1) is 16.6. The van der Waals surface area contributed by atoms with E-state index in [2.05, 4.69) is 23.2 Å². The van der Waals surface area contributed by atoms with Gasteiger partial charge in [-0.1, -0.05) is 25.1 Å². The maximum Gasteiger partial charge on any atom is 0.317 e. The molecule has 5 heteroatoms. The number of benzene rings is 1. The molecule has 1 aliphatic heterocycles. The highest BCUT2D eigenvalue weighted by atomic mass is 16.5. The minimum Gasteiger partial charge on any atom is -0.496 e. The third-order valence-electron chi connectivity index (χ3n) is 4.23. The molecule has 0 aliphatic carbocycles. The molecular formula is C17H27N3O2. The Hall–Kier alpha value is -1.75. The fourth-order valence-corrected chi connectivity index (χ4v) is 2.59. The van der Waals surface area contributed by atoms with Crippen LogP contribution in [0.3, 0.4) is 0 Å². The molecule has 1 unspecified atom stereocenters. The van der Waals surface area contributed by atoms with Crippen LogP contribution >= 0.6 is 0 Å². The molecule has 1 fully saturated rings. The van der Waals surface area contributed by atoms with Crippen molar-refractivity contribution in [3.05, 3.63) is 29.8 Å². The van der Waals surface area contributed by atoms with Gasteiger partial charge < -0.3 is 15.0 Å². The largest absolute Gasteiger partial charge is 0.496 e. The van der Waals surface area contributed by atoms with E-state index in [1.165, 1.54) is 5.56 Å². The number of para-hydroxylation sites is 1. The molecule has 0 bridgehead atoms. The molecule has 1 saturated heterocycles. The topological polar surface area (TPSA) is 44.8 Å². The van der Waals surface area contributed by atoms with Crippen molar-refractivity contribution < 1.29 is 9.53 Å². The zero-order valence-electron chi connectivity index (χ0n) is 13.8. The van der Waals surface area contributed by atoms with Gasteiger partial charge >= 0.3 is 6.03 Å². The Morgan fingerprint density at radius 2 is 1.95 bits per heavy atom. The number of carbonyl (C=O) groups is 1. The van der Waals surface area contributed by atoms with E-state index in [1.54, 1.807) is 7.11 Å². The van der Waals surface area contributed by atoms with Gasteiger partial charge in [-0.2, -0.15) is 0 Å². The number of ether oxygens (including phenoxy) is 1. The number of piperazine rings is 1. The molecule has 0 radical (unpaired) electrons. The van der Waals surface area contributed by atoms with Crippen molar-refractivity contribution in [2.45, 2.75) is 32.9 Å². The molecule has 1 atom stereocenters. The smallest absolute Gasteiger partial charge is 0.317 e. The summed E-state index contributed by atoms with van der Waals surface area (Å²) in [6.45, 7) is 8.32. The highest BCUT2D eigenvalue weighted by Crippen LogP contribution is 2.19. The molecule has 1 aromatic rings. The zero-order chi connectivity index (χ0) is 15.9. The summed E-state index contributed by atoms with van der Waals surface area (Å²) in [5, 5.41) is 3.03. The number of nitrogens with one attached hydrogen (secondary N) is 1. The monoisotopic (exact) mass is 305 g/mol. The van der Waals surface area contributed by atoms with Crippen LogP contribution in [0.1, 0.15) is 25.8 Å². The van der Waals surface area contributed by atoms with E-state index in [0.717, 1.165) is 44.9 Å². The standard InChI is InChI=1S/C17H27N3O2/c1-4-14(2)18-17(21)20-11-9-19(10-12-20)13-15-7-5-6-8-16(15)22-3/h5-8,14H,4,9-13H2,1-3H3,(H,18,21). The van der Waals surface area contributed by atoms with E-state index < -0.39 is 0 Å². The predicted molar refractivity (Wildman–Crippen MR) is 88.1 cm³/mol. The van der Waals surface area contributed by atoms with Gasteiger partial charge in [0.2, 0.25) is 0 Å². The van der Waals surface area contributed by atoms with Crippen LogP contribution in [0.2, 0.25) is 0 Å². The van der Waals surface area contributed by atoms with Gasteiger partial charge in [-0.05, 0) is 19.4 Å². The van der Waals surface area contributed by atoms with E-state index >= 15 is 0 Å². The molecule has 0 saturated carbocycles. The lowest BCUT2D eigenvalue weighted by Gasteiger charge is -2.35. The van der Waals surface area contributed by atoms with Crippen LogP contribution in [0.5, 0.6) is 5.75 Å². The van der Waals surface area contributed by atoms with Gasteiger partial charge in [0.15, 0.2) is 0 Å². The van der Waals surface area contributed by atoms with E-state index in [9.17, 15) is 4.79 Å². The lowest BCUT2D eigenvalue weighted by Crippen LogP contribution is -2.52. The van der Waals surface area contributed by atoms with Crippen LogP contribution in [0.25, 0.3) is 0 Å². The van der Waals surface area contributed by atoms with E-state index in [4.69, 9.17) is 4.74 Å². The first-order chi connectivity index (χ1) is 10.6. The van der Waals surface area contributed by atoms with E-state index in [-0.39, 0.29) is 12.1 Å². The molecule has 2 rings (SSSR count). The lowest BCUT2D eigenvalue weighted by atomic mass is 10.1. The molecule has 5 nitrogen and oxygen atoms in total. The highest BCUT2D eigenvalue weighted by Gasteiger charge is 2.22. The average Bonchev–Trinajstić information content (AvgIpc) is 2.55. The lowest BCUT2D eigenvalue weighted by molar-refractivity contribution is 0.133. The number of methoxy groups -OCH3 is 1. The molecule has 1 heterocycles. The Kier molecular flexibility index (Phi) is 6.07. The maximum atomic E-state index is 12.1. The van der Waals surface area contributed by atoms with Crippen molar-refractivity contribution in [1.29, 1.82) is 0 Å². The summed E-state index contributed by atoms with van der Waals surface area (Å²) < 4.78 is 5.40. The van der Waals surface area contributed by atoms with Crippen LogP contribution in [0, 0.1) is 0 Å². The fraction of sp³-hybridized carbons (Fsp3) is 0.588. The third kappa shape index (κ3) is 4.37. The van der Waals surface area contributed by atoms with Crippen molar-refractivity contribution in [3.8, 4) is 5.75 Å². The van der Waals surface area contributed by atoms with Gasteiger partial charge in [-0.25, -0.2) is 4.79 Å². The highest BCUT2D eigenvalue weighted by molar-refractivity contribution is 5.74. The van der Waals surface area contributed by atoms with Crippen molar-refractivity contribution in [3.63, 3.8) is 0 Å². The number of urea groups is 1. The van der Waals surface area contributed by atoms with Crippen LogP contribution < -0.4 is 10.1 Å². The molecule has 2 amide bonds. The van der Waals surface area contributed by atoms with Crippen LogP contribution in [-0.2, 0) is 6.54 Å². The molecule has 1 N–H and O–H groups in total. The van der Waals surface area contributed by atoms with Crippen molar-refractivity contribution in [2.75, 3.05) is 33.3 Å². The second kappa shape index (κ2) is 8.03. The number of hydrogen-bond donors (Lipinski definition) is 1. The average molecular weight is 305 g/mol. The Morgan fingerprint density at radius 3 is 2.59 bits per heavy atom. The van der Waals surface area contributed by atoms with Gasteiger partial charge in [0.05, 0.1) is 7.11 Å². The molecule has 1 aromatic carbocycles. The van der Waals surface area contributed by atoms with Crippen molar-refractivity contribution >= 4 is 6.03 Å². The van der Waals surface area contributed by atoms with Crippen LogP contribution in [0.15, 0.2) is 24.3 Å². The Labute approximate surface area is 133 Å². The summed E-state index contributed by atoms with van der Waals surface area (Å²) in [7, 11) is 1.70. The Balaban J connectivity index is 1.83. The van der Waals surface area contributed by atoms with Crippen molar-refractivity contribution in [2.24, 2.45) is 0 Å². The fourth-order valence-electron chi connectivity index (χ4n) is 2.59. The first-order valence-corrected chi connectivity index (χ1v) is 8.03. The first-order valence-electron chi connectivity index (χ1n) is 8.03. The summed E-state index contributed by atoms with van der Waals surface area (Å²) >= 11 is 0. The Bertz CT molecular complexity index is 485.